The van der Waals surface area contributed by atoms with E-state index in [4.69, 9.17) is 9.47 Å². The van der Waals surface area contributed by atoms with Crippen molar-refractivity contribution in [2.45, 2.75) is 38.3 Å². The van der Waals surface area contributed by atoms with Gasteiger partial charge in [-0.3, -0.25) is 4.79 Å². The van der Waals surface area contributed by atoms with Gasteiger partial charge in [-0.1, -0.05) is 12.1 Å². The van der Waals surface area contributed by atoms with Crippen LogP contribution < -0.4 is 5.32 Å². The van der Waals surface area contributed by atoms with Crippen molar-refractivity contribution >= 4 is 21.6 Å². The normalized spacial score (nSPS) is 20.4. The van der Waals surface area contributed by atoms with Gasteiger partial charge in [-0.05, 0) is 30.5 Å². The maximum absolute atomic E-state index is 12.9. The summed E-state index contributed by atoms with van der Waals surface area (Å²) in [7, 11) is -1.66. The van der Waals surface area contributed by atoms with Crippen molar-refractivity contribution in [2.75, 3.05) is 37.9 Å². The Morgan fingerprint density at radius 3 is 2.73 bits per heavy atom. The number of ether oxygens (including phenoxy) is 2. The van der Waals surface area contributed by atoms with E-state index in [9.17, 15) is 13.2 Å². The molecule has 2 aliphatic rings. The fourth-order valence-electron chi connectivity index (χ4n) is 3.58. The molecule has 0 unspecified atom stereocenters. The van der Waals surface area contributed by atoms with E-state index in [-0.39, 0.29) is 11.7 Å². The van der Waals surface area contributed by atoms with Gasteiger partial charge in [0.2, 0.25) is 10.0 Å². The molecule has 0 aliphatic carbocycles. The number of anilines is 1. The van der Waals surface area contributed by atoms with Crippen molar-refractivity contribution in [3.63, 3.8) is 0 Å². The topological polar surface area (TPSA) is 84.9 Å². The predicted molar refractivity (Wildman–Crippen MR) is 98.4 cm³/mol. The van der Waals surface area contributed by atoms with Crippen LogP contribution in [0.2, 0.25) is 0 Å². The zero-order valence-electron chi connectivity index (χ0n) is 15.3. The van der Waals surface area contributed by atoms with Crippen LogP contribution in [0.1, 0.15) is 30.9 Å². The third-order valence-corrected chi connectivity index (χ3v) is 7.17. The van der Waals surface area contributed by atoms with Crippen LogP contribution in [0.4, 0.5) is 5.69 Å². The molecular weight excluding hydrogens is 356 g/mol. The highest BCUT2D eigenvalue weighted by Gasteiger charge is 2.40. The number of hydrogen-bond donors (Lipinski definition) is 1. The molecule has 1 fully saturated rings. The number of rotatable bonds is 5. The van der Waals surface area contributed by atoms with Crippen LogP contribution in [0, 0.1) is 0 Å². The van der Waals surface area contributed by atoms with Crippen molar-refractivity contribution in [2.24, 2.45) is 0 Å². The lowest BCUT2D eigenvalue weighted by atomic mass is 9.92. The van der Waals surface area contributed by atoms with Crippen molar-refractivity contribution < 1.29 is 22.7 Å². The second kappa shape index (κ2) is 7.64. The van der Waals surface area contributed by atoms with Crippen molar-refractivity contribution in [1.29, 1.82) is 0 Å². The van der Waals surface area contributed by atoms with Gasteiger partial charge in [-0.15, -0.1) is 0 Å². The van der Waals surface area contributed by atoms with E-state index in [2.05, 4.69) is 5.32 Å². The summed E-state index contributed by atoms with van der Waals surface area (Å²) in [5.74, 6) is -0.0719. The lowest BCUT2D eigenvalue weighted by Crippen LogP contribution is -2.49. The maximum Gasteiger partial charge on any atom is 0.256 e. The van der Waals surface area contributed by atoms with Gasteiger partial charge in [0.05, 0.1) is 5.75 Å². The van der Waals surface area contributed by atoms with E-state index in [0.29, 0.717) is 45.6 Å². The number of carbonyl (C=O) groups excluding carboxylic acids is 1. The highest BCUT2D eigenvalue weighted by atomic mass is 32.2. The van der Waals surface area contributed by atoms with Crippen molar-refractivity contribution in [3.8, 4) is 0 Å². The predicted octanol–water partition coefficient (Wildman–Crippen LogP) is 1.53. The van der Waals surface area contributed by atoms with E-state index < -0.39 is 15.6 Å². The summed E-state index contributed by atoms with van der Waals surface area (Å²) in [4.78, 5) is 12.9. The standard InChI is InChI=1S/C18H26N2O5S/c1-3-26(22,23)20-10-7-15-14(13-20)5-4-6-16(15)19-17(21)18(24-2)8-11-25-12-9-18/h4-6H,3,7-13H2,1-2H3,(H,19,21). The first kappa shape index (κ1) is 19.3. The lowest BCUT2D eigenvalue weighted by molar-refractivity contribution is -0.149. The summed E-state index contributed by atoms with van der Waals surface area (Å²) in [5.41, 5.74) is 1.81. The molecule has 1 saturated heterocycles. The Morgan fingerprint density at radius 1 is 1.35 bits per heavy atom. The van der Waals surface area contributed by atoms with Crippen LogP contribution in [0.5, 0.6) is 0 Å². The summed E-state index contributed by atoms with van der Waals surface area (Å²) in [6.07, 6.45) is 1.62. The Bertz CT molecular complexity index is 772. The van der Waals surface area contributed by atoms with Crippen LogP contribution in [-0.4, -0.2) is 56.9 Å². The quantitative estimate of drug-likeness (QED) is 0.835. The first-order chi connectivity index (χ1) is 12.4. The molecule has 1 aromatic rings. The summed E-state index contributed by atoms with van der Waals surface area (Å²) in [6.45, 7) is 3.42. The van der Waals surface area contributed by atoms with Gasteiger partial charge in [0.1, 0.15) is 0 Å². The number of fused-ring (bicyclic) bond motifs is 1. The third-order valence-electron chi connectivity index (χ3n) is 5.34. The highest BCUT2D eigenvalue weighted by Crippen LogP contribution is 2.31. The van der Waals surface area contributed by atoms with Crippen molar-refractivity contribution in [1.82, 2.24) is 4.31 Å². The summed E-state index contributed by atoms with van der Waals surface area (Å²) >= 11 is 0. The van der Waals surface area contributed by atoms with Crippen LogP contribution in [0.3, 0.4) is 0 Å². The highest BCUT2D eigenvalue weighted by molar-refractivity contribution is 7.89. The molecule has 0 radical (unpaired) electrons. The number of benzene rings is 1. The average Bonchev–Trinajstić information content (AvgIpc) is 2.68. The molecule has 1 amide bonds. The molecule has 144 valence electrons. The molecule has 0 aromatic heterocycles. The Hall–Kier alpha value is -1.48. The number of nitrogens with one attached hydrogen (secondary N) is 1. The van der Waals surface area contributed by atoms with Gasteiger partial charge < -0.3 is 14.8 Å². The largest absolute Gasteiger partial charge is 0.381 e. The number of carbonyl (C=O) groups is 1. The minimum absolute atomic E-state index is 0.0944. The molecule has 0 atom stereocenters. The van der Waals surface area contributed by atoms with E-state index >= 15 is 0 Å². The van der Waals surface area contributed by atoms with Gasteiger partial charge in [0.25, 0.3) is 5.91 Å². The average molecular weight is 382 g/mol. The molecule has 2 heterocycles. The number of nitrogens with zero attached hydrogens (tertiary/aromatic N) is 1. The molecule has 3 rings (SSSR count). The van der Waals surface area contributed by atoms with Gasteiger partial charge in [0, 0.05) is 51.9 Å². The first-order valence-corrected chi connectivity index (χ1v) is 10.6. The Morgan fingerprint density at radius 2 is 2.08 bits per heavy atom. The molecule has 0 saturated carbocycles. The molecular formula is C18H26N2O5S. The second-order valence-corrected chi connectivity index (χ2v) is 8.95. The number of sulfonamides is 1. The number of methoxy groups -OCH3 is 1. The molecule has 26 heavy (non-hydrogen) atoms. The molecule has 2 aliphatic heterocycles. The zero-order valence-corrected chi connectivity index (χ0v) is 16.1. The summed E-state index contributed by atoms with van der Waals surface area (Å²) < 4.78 is 36.7. The van der Waals surface area contributed by atoms with E-state index in [1.54, 1.807) is 14.0 Å². The molecule has 1 N–H and O–H groups in total. The van der Waals surface area contributed by atoms with E-state index in [1.165, 1.54) is 4.31 Å². The Labute approximate surface area is 154 Å². The molecule has 1 aromatic carbocycles. The van der Waals surface area contributed by atoms with Crippen LogP contribution in [0.15, 0.2) is 18.2 Å². The molecule has 0 spiro atoms. The Balaban J connectivity index is 1.81. The minimum atomic E-state index is -3.22. The maximum atomic E-state index is 12.9. The SMILES string of the molecule is CCS(=O)(=O)N1CCc2c(cccc2NC(=O)C2(OC)CCOCC2)C1. The van der Waals surface area contributed by atoms with E-state index in [1.807, 2.05) is 18.2 Å². The van der Waals surface area contributed by atoms with Crippen LogP contribution in [-0.2, 0) is 37.3 Å². The monoisotopic (exact) mass is 382 g/mol. The van der Waals surface area contributed by atoms with Gasteiger partial charge in [-0.25, -0.2) is 8.42 Å². The summed E-state index contributed by atoms with van der Waals surface area (Å²) in [6, 6.07) is 5.63. The van der Waals surface area contributed by atoms with Gasteiger partial charge in [-0.2, -0.15) is 4.31 Å². The lowest BCUT2D eigenvalue weighted by Gasteiger charge is -2.35. The fraction of sp³-hybridized carbons (Fsp3) is 0.611. The fourth-order valence-corrected chi connectivity index (χ4v) is 4.65. The first-order valence-electron chi connectivity index (χ1n) is 8.95. The number of amides is 1. The van der Waals surface area contributed by atoms with E-state index in [0.717, 1.165) is 16.8 Å². The van der Waals surface area contributed by atoms with Gasteiger partial charge >= 0.3 is 0 Å². The van der Waals surface area contributed by atoms with Crippen molar-refractivity contribution in [3.05, 3.63) is 29.3 Å². The second-order valence-electron chi connectivity index (χ2n) is 6.69. The van der Waals surface area contributed by atoms with Crippen LogP contribution >= 0.6 is 0 Å². The molecule has 0 bridgehead atoms. The molecule has 7 nitrogen and oxygen atoms in total. The smallest absolute Gasteiger partial charge is 0.256 e. The number of hydrogen-bond acceptors (Lipinski definition) is 5. The molecule has 8 heteroatoms. The Kier molecular flexibility index (Phi) is 5.67. The minimum Gasteiger partial charge on any atom is -0.381 e. The zero-order chi connectivity index (χ0) is 18.8. The third kappa shape index (κ3) is 3.64. The van der Waals surface area contributed by atoms with Crippen LogP contribution in [0.25, 0.3) is 0 Å². The van der Waals surface area contributed by atoms with Gasteiger partial charge in [0.15, 0.2) is 5.60 Å². The summed E-state index contributed by atoms with van der Waals surface area (Å²) in [5, 5.41) is 3.01.